The summed E-state index contributed by atoms with van der Waals surface area (Å²) in [7, 11) is 1.84. The molecule has 3 N–H and O–H groups in total. The molecular weight excluding hydrogens is 451 g/mol. The predicted octanol–water partition coefficient (Wildman–Crippen LogP) is 3.53. The molecule has 1 saturated heterocycles. The molecule has 2 rings (SSSR count). The zero-order valence-electron chi connectivity index (χ0n) is 16.9. The summed E-state index contributed by atoms with van der Waals surface area (Å²) in [6.07, 6.45) is 4.74. The molecule has 1 atom stereocenters. The van der Waals surface area contributed by atoms with Crippen LogP contribution in [0.2, 0.25) is 0 Å². The van der Waals surface area contributed by atoms with Gasteiger partial charge < -0.3 is 16.0 Å². The minimum absolute atomic E-state index is 0. The first-order valence-corrected chi connectivity index (χ1v) is 9.84. The Balaban J connectivity index is 0.00000364. The molecule has 6 heteroatoms. The third-order valence-corrected chi connectivity index (χ3v) is 5.84. The Morgan fingerprint density at radius 3 is 2.52 bits per heavy atom. The highest BCUT2D eigenvalue weighted by Crippen LogP contribution is 2.31. The number of benzene rings is 1. The van der Waals surface area contributed by atoms with Crippen LogP contribution in [-0.4, -0.2) is 43.4 Å². The zero-order chi connectivity index (χ0) is 19.0. The fourth-order valence-corrected chi connectivity index (χ4v) is 4.09. The van der Waals surface area contributed by atoms with Crippen molar-refractivity contribution in [2.45, 2.75) is 51.4 Å². The Morgan fingerprint density at radius 2 is 1.96 bits per heavy atom. The normalized spacial score (nSPS) is 18.0. The number of nitrogens with zero attached hydrogens (tertiary/aromatic N) is 2. The highest BCUT2D eigenvalue weighted by atomic mass is 127. The molecule has 1 aliphatic heterocycles. The number of piperidine rings is 1. The van der Waals surface area contributed by atoms with Gasteiger partial charge in [-0.3, -0.25) is 9.79 Å². The maximum atomic E-state index is 11.3. The average Bonchev–Trinajstić information content (AvgIpc) is 2.66. The van der Waals surface area contributed by atoms with Gasteiger partial charge in [-0.15, -0.1) is 24.0 Å². The third kappa shape index (κ3) is 6.36. The first-order valence-electron chi connectivity index (χ1n) is 9.84. The smallest absolute Gasteiger partial charge is 0.217 e. The van der Waals surface area contributed by atoms with Crippen molar-refractivity contribution in [2.24, 2.45) is 16.6 Å². The minimum Gasteiger partial charge on any atom is -0.370 e. The van der Waals surface area contributed by atoms with Crippen LogP contribution in [0.5, 0.6) is 0 Å². The minimum atomic E-state index is -0.208. The average molecular weight is 486 g/mol. The van der Waals surface area contributed by atoms with Crippen LogP contribution in [0, 0.1) is 5.92 Å². The van der Waals surface area contributed by atoms with E-state index < -0.39 is 0 Å². The number of halogens is 1. The van der Waals surface area contributed by atoms with Crippen molar-refractivity contribution in [2.75, 3.05) is 26.7 Å². The summed E-state index contributed by atoms with van der Waals surface area (Å²) in [6, 6.07) is 10.7. The van der Waals surface area contributed by atoms with E-state index >= 15 is 0 Å². The second kappa shape index (κ2) is 11.5. The van der Waals surface area contributed by atoms with Crippen molar-refractivity contribution in [1.82, 2.24) is 10.2 Å². The molecule has 0 bridgehead atoms. The van der Waals surface area contributed by atoms with Crippen LogP contribution < -0.4 is 11.1 Å². The van der Waals surface area contributed by atoms with E-state index in [1.807, 2.05) is 7.05 Å². The summed E-state index contributed by atoms with van der Waals surface area (Å²) in [5.74, 6) is 1.05. The molecule has 152 valence electrons. The molecule has 0 radical (unpaired) electrons. The monoisotopic (exact) mass is 486 g/mol. The first-order chi connectivity index (χ1) is 12.5. The molecule has 27 heavy (non-hydrogen) atoms. The lowest BCUT2D eigenvalue weighted by molar-refractivity contribution is -0.119. The molecule has 1 aromatic rings. The lowest BCUT2D eigenvalue weighted by Gasteiger charge is -2.38. The molecule has 0 saturated carbocycles. The van der Waals surface area contributed by atoms with Gasteiger partial charge in [0.15, 0.2) is 5.96 Å². The number of primary amides is 1. The van der Waals surface area contributed by atoms with Gasteiger partial charge in [-0.25, -0.2) is 0 Å². The molecular formula is C21H35IN4O. The van der Waals surface area contributed by atoms with Gasteiger partial charge in [-0.05, 0) is 37.2 Å². The van der Waals surface area contributed by atoms with E-state index in [4.69, 9.17) is 5.73 Å². The Bertz CT molecular complexity index is 601. The van der Waals surface area contributed by atoms with E-state index in [2.05, 4.69) is 59.4 Å². The molecule has 1 fully saturated rings. The molecule has 0 spiro atoms. The van der Waals surface area contributed by atoms with E-state index in [9.17, 15) is 4.79 Å². The van der Waals surface area contributed by atoms with Gasteiger partial charge in [-0.1, -0.05) is 44.2 Å². The van der Waals surface area contributed by atoms with Gasteiger partial charge in [0.05, 0.1) is 0 Å². The van der Waals surface area contributed by atoms with E-state index in [1.54, 1.807) is 0 Å². The lowest BCUT2D eigenvalue weighted by atomic mass is 9.76. The fourth-order valence-electron chi connectivity index (χ4n) is 4.09. The van der Waals surface area contributed by atoms with Crippen molar-refractivity contribution in [1.29, 1.82) is 0 Å². The number of likely N-dealkylation sites (tertiary alicyclic amines) is 1. The highest BCUT2D eigenvalue weighted by molar-refractivity contribution is 14.0. The topological polar surface area (TPSA) is 70.7 Å². The van der Waals surface area contributed by atoms with Gasteiger partial charge in [0.2, 0.25) is 5.91 Å². The number of amides is 1. The van der Waals surface area contributed by atoms with Crippen molar-refractivity contribution in [3.8, 4) is 0 Å². The molecule has 1 aliphatic rings. The van der Waals surface area contributed by atoms with Crippen LogP contribution in [0.1, 0.15) is 51.5 Å². The number of hydrogen-bond donors (Lipinski definition) is 2. The second-order valence-electron chi connectivity index (χ2n) is 7.38. The lowest BCUT2D eigenvalue weighted by Crippen LogP contribution is -2.50. The number of hydrogen-bond acceptors (Lipinski definition) is 2. The molecule has 0 aromatic heterocycles. The maximum Gasteiger partial charge on any atom is 0.217 e. The number of carbonyl (C=O) groups is 1. The SMILES string of the molecule is CCC(CC)(CNC(=NC)N1CCCC(CC(N)=O)C1)c1ccccc1.I. The Morgan fingerprint density at radius 1 is 1.30 bits per heavy atom. The quantitative estimate of drug-likeness (QED) is 0.352. The van der Waals surface area contributed by atoms with Crippen LogP contribution in [0.15, 0.2) is 35.3 Å². The Hall–Kier alpha value is -1.31. The number of nitrogens with two attached hydrogens (primary N) is 1. The number of guanidine groups is 1. The molecule has 0 aliphatic carbocycles. The molecule has 1 heterocycles. The largest absolute Gasteiger partial charge is 0.370 e. The van der Waals surface area contributed by atoms with Crippen molar-refractivity contribution < 1.29 is 4.79 Å². The second-order valence-corrected chi connectivity index (χ2v) is 7.38. The fraction of sp³-hybridized carbons (Fsp3) is 0.619. The molecule has 5 nitrogen and oxygen atoms in total. The summed E-state index contributed by atoms with van der Waals surface area (Å²) in [5.41, 5.74) is 6.86. The van der Waals surface area contributed by atoms with Crippen molar-refractivity contribution in [3.63, 3.8) is 0 Å². The number of rotatable bonds is 7. The van der Waals surface area contributed by atoms with Crippen LogP contribution in [0.25, 0.3) is 0 Å². The summed E-state index contributed by atoms with van der Waals surface area (Å²) in [6.45, 7) is 7.19. The van der Waals surface area contributed by atoms with Crippen molar-refractivity contribution >= 4 is 35.8 Å². The summed E-state index contributed by atoms with van der Waals surface area (Å²) in [4.78, 5) is 18.0. The molecule has 1 amide bonds. The predicted molar refractivity (Wildman–Crippen MR) is 124 cm³/mol. The maximum absolute atomic E-state index is 11.3. The standard InChI is InChI=1S/C21H34N4O.HI/c1-4-21(5-2,18-11-7-6-8-12-18)16-24-20(23-3)25-13-9-10-17(15-25)14-19(22)26;/h6-8,11-12,17H,4-5,9-10,13-16H2,1-3H3,(H2,22,26)(H,23,24);1H. The zero-order valence-corrected chi connectivity index (χ0v) is 19.2. The van der Waals surface area contributed by atoms with Gasteiger partial charge in [0, 0.05) is 38.5 Å². The van der Waals surface area contributed by atoms with E-state index in [1.165, 1.54) is 5.56 Å². The van der Waals surface area contributed by atoms with Crippen LogP contribution in [0.4, 0.5) is 0 Å². The van der Waals surface area contributed by atoms with Crippen LogP contribution >= 0.6 is 24.0 Å². The molecule has 1 unspecified atom stereocenters. The third-order valence-electron chi connectivity index (χ3n) is 5.84. The number of aliphatic imine (C=N–C) groups is 1. The van der Waals surface area contributed by atoms with Gasteiger partial charge in [0.1, 0.15) is 0 Å². The Labute approximate surface area is 181 Å². The first kappa shape index (κ1) is 23.7. The highest BCUT2D eigenvalue weighted by Gasteiger charge is 2.30. The summed E-state index contributed by atoms with van der Waals surface area (Å²) >= 11 is 0. The van der Waals surface area contributed by atoms with E-state index in [-0.39, 0.29) is 35.3 Å². The number of carbonyl (C=O) groups excluding carboxylic acids is 1. The Kier molecular flexibility index (Phi) is 10.1. The summed E-state index contributed by atoms with van der Waals surface area (Å²) < 4.78 is 0. The molecule has 1 aromatic carbocycles. The van der Waals surface area contributed by atoms with Gasteiger partial charge in [0.25, 0.3) is 0 Å². The van der Waals surface area contributed by atoms with Gasteiger partial charge >= 0.3 is 0 Å². The number of nitrogens with one attached hydrogen (secondary N) is 1. The van der Waals surface area contributed by atoms with Crippen LogP contribution in [0.3, 0.4) is 0 Å². The van der Waals surface area contributed by atoms with Gasteiger partial charge in [-0.2, -0.15) is 0 Å². The van der Waals surface area contributed by atoms with Crippen molar-refractivity contribution in [3.05, 3.63) is 35.9 Å². The van der Waals surface area contributed by atoms with Crippen LogP contribution in [-0.2, 0) is 10.2 Å². The van der Waals surface area contributed by atoms with E-state index in [0.29, 0.717) is 12.3 Å². The van der Waals surface area contributed by atoms with E-state index in [0.717, 1.165) is 51.3 Å². The summed E-state index contributed by atoms with van der Waals surface area (Å²) in [5, 5.41) is 3.61.